The number of hydrogen-bond donors (Lipinski definition) is 1. The molecule has 5 rings (SSSR count). The molecule has 0 aliphatic carbocycles. The molecule has 1 aliphatic rings. The second-order valence-corrected chi connectivity index (χ2v) is 12.0. The number of sulfonamides is 1. The molecule has 0 aromatic heterocycles. The summed E-state index contributed by atoms with van der Waals surface area (Å²) in [5.41, 5.74) is 1.47. The van der Waals surface area contributed by atoms with E-state index in [9.17, 15) is 13.5 Å². The van der Waals surface area contributed by atoms with E-state index >= 15 is 0 Å². The number of aryl methyl sites for hydroxylation is 1. The van der Waals surface area contributed by atoms with Gasteiger partial charge in [-0.1, -0.05) is 109 Å². The summed E-state index contributed by atoms with van der Waals surface area (Å²) >= 11 is 0. The molecular formula is C32H33NO4S. The van der Waals surface area contributed by atoms with E-state index < -0.39 is 27.3 Å². The lowest BCUT2D eigenvalue weighted by molar-refractivity contribution is -0.0530. The molecule has 0 saturated carbocycles. The molecule has 0 radical (unpaired) electrons. The van der Waals surface area contributed by atoms with E-state index in [1.54, 1.807) is 31.2 Å². The topological polar surface area (TPSA) is 66.8 Å². The van der Waals surface area contributed by atoms with Gasteiger partial charge in [0.05, 0.1) is 23.1 Å². The highest BCUT2D eigenvalue weighted by atomic mass is 32.2. The van der Waals surface area contributed by atoms with Crippen LogP contribution in [0.3, 0.4) is 0 Å². The van der Waals surface area contributed by atoms with Crippen molar-refractivity contribution in [1.29, 1.82) is 0 Å². The zero-order valence-corrected chi connectivity index (χ0v) is 22.5. The van der Waals surface area contributed by atoms with Gasteiger partial charge in [0.2, 0.25) is 10.0 Å². The van der Waals surface area contributed by atoms with Gasteiger partial charge in [-0.05, 0) is 49.1 Å². The van der Waals surface area contributed by atoms with Crippen LogP contribution in [0.1, 0.15) is 35.6 Å². The molecule has 4 aromatic carbocycles. The quantitative estimate of drug-likeness (QED) is 0.307. The average molecular weight is 528 g/mol. The summed E-state index contributed by atoms with van der Waals surface area (Å²) in [6.07, 6.45) is 0.321. The zero-order valence-electron chi connectivity index (χ0n) is 21.7. The third kappa shape index (κ3) is 4.81. The van der Waals surface area contributed by atoms with Gasteiger partial charge in [-0.3, -0.25) is 0 Å². The predicted octanol–water partition coefficient (Wildman–Crippen LogP) is 5.52. The highest BCUT2D eigenvalue weighted by molar-refractivity contribution is 7.89. The summed E-state index contributed by atoms with van der Waals surface area (Å²) in [6.45, 7) is 3.83. The maximum absolute atomic E-state index is 13.7. The van der Waals surface area contributed by atoms with Crippen LogP contribution >= 0.6 is 0 Å². The van der Waals surface area contributed by atoms with Crippen LogP contribution in [-0.4, -0.2) is 42.6 Å². The Morgan fingerprint density at radius 1 is 0.816 bits per heavy atom. The SMILES string of the molecule is Cc1ccc(S(=O)(=O)N2CC[C@@](C)(O)[C@H]2COC(c2ccccc2)(c2ccccc2)c2ccccc2)cc1. The molecule has 6 heteroatoms. The Morgan fingerprint density at radius 2 is 1.26 bits per heavy atom. The molecule has 1 N–H and O–H groups in total. The largest absolute Gasteiger partial charge is 0.388 e. The van der Waals surface area contributed by atoms with Crippen LogP contribution < -0.4 is 0 Å². The summed E-state index contributed by atoms with van der Waals surface area (Å²) in [4.78, 5) is 0.214. The molecule has 0 bridgehead atoms. The van der Waals surface area contributed by atoms with E-state index in [4.69, 9.17) is 4.74 Å². The first kappa shape index (κ1) is 26.3. The summed E-state index contributed by atoms with van der Waals surface area (Å²) < 4.78 is 35.8. The number of hydrogen-bond acceptors (Lipinski definition) is 4. The maximum atomic E-state index is 13.7. The fourth-order valence-corrected chi connectivity index (χ4v) is 7.04. The minimum absolute atomic E-state index is 0.00320. The first-order valence-electron chi connectivity index (χ1n) is 12.9. The van der Waals surface area contributed by atoms with Gasteiger partial charge in [-0.15, -0.1) is 0 Å². The lowest BCUT2D eigenvalue weighted by Crippen LogP contribution is -2.50. The van der Waals surface area contributed by atoms with E-state index in [1.165, 1.54) is 4.31 Å². The van der Waals surface area contributed by atoms with Gasteiger partial charge >= 0.3 is 0 Å². The van der Waals surface area contributed by atoms with Crippen molar-refractivity contribution in [2.75, 3.05) is 13.2 Å². The second-order valence-electron chi connectivity index (χ2n) is 10.1. The Morgan fingerprint density at radius 3 is 1.71 bits per heavy atom. The van der Waals surface area contributed by atoms with E-state index in [2.05, 4.69) is 0 Å². The van der Waals surface area contributed by atoms with Gasteiger partial charge in [0.15, 0.2) is 0 Å². The van der Waals surface area contributed by atoms with Crippen molar-refractivity contribution in [1.82, 2.24) is 4.31 Å². The summed E-state index contributed by atoms with van der Waals surface area (Å²) in [7, 11) is -3.84. The van der Waals surface area contributed by atoms with Crippen LogP contribution in [0.15, 0.2) is 120 Å². The van der Waals surface area contributed by atoms with Crippen LogP contribution in [0, 0.1) is 6.92 Å². The van der Waals surface area contributed by atoms with Crippen molar-refractivity contribution in [2.24, 2.45) is 0 Å². The van der Waals surface area contributed by atoms with Gasteiger partial charge < -0.3 is 9.84 Å². The molecule has 0 spiro atoms. The number of nitrogens with zero attached hydrogens (tertiary/aromatic N) is 1. The molecule has 1 fully saturated rings. The van der Waals surface area contributed by atoms with E-state index in [-0.39, 0.29) is 18.0 Å². The monoisotopic (exact) mass is 527 g/mol. The van der Waals surface area contributed by atoms with Crippen molar-refractivity contribution in [3.63, 3.8) is 0 Å². The summed E-state index contributed by atoms with van der Waals surface area (Å²) in [5.74, 6) is 0. The van der Waals surface area contributed by atoms with Crippen molar-refractivity contribution in [3.8, 4) is 0 Å². The van der Waals surface area contributed by atoms with Gasteiger partial charge in [0, 0.05) is 6.54 Å². The Hall–Kier alpha value is -3.29. The molecule has 1 saturated heterocycles. The molecule has 2 atom stereocenters. The number of benzene rings is 4. The Labute approximate surface area is 225 Å². The van der Waals surface area contributed by atoms with Crippen LogP contribution in [0.5, 0.6) is 0 Å². The number of ether oxygens (including phenoxy) is 1. The van der Waals surface area contributed by atoms with E-state index in [0.29, 0.717) is 6.42 Å². The van der Waals surface area contributed by atoms with E-state index in [0.717, 1.165) is 22.3 Å². The Bertz CT molecular complexity index is 1360. The smallest absolute Gasteiger partial charge is 0.243 e. The normalized spacial score (nSPS) is 20.4. The Kier molecular flexibility index (Phi) is 7.25. The number of aliphatic hydroxyl groups is 1. The fraction of sp³-hybridized carbons (Fsp3) is 0.250. The highest BCUT2D eigenvalue weighted by Gasteiger charge is 2.50. The van der Waals surface area contributed by atoms with Crippen LogP contribution in [0.2, 0.25) is 0 Å². The predicted molar refractivity (Wildman–Crippen MR) is 149 cm³/mol. The van der Waals surface area contributed by atoms with E-state index in [1.807, 2.05) is 97.9 Å². The van der Waals surface area contributed by atoms with Crippen molar-refractivity contribution in [2.45, 2.75) is 42.4 Å². The first-order valence-corrected chi connectivity index (χ1v) is 14.3. The van der Waals surface area contributed by atoms with Gasteiger partial charge in [-0.2, -0.15) is 4.31 Å². The summed E-state index contributed by atoms with van der Waals surface area (Å²) in [6, 6.07) is 35.9. The van der Waals surface area contributed by atoms with Gasteiger partial charge in [0.25, 0.3) is 0 Å². The molecule has 1 aliphatic heterocycles. The van der Waals surface area contributed by atoms with Crippen molar-refractivity contribution >= 4 is 10.0 Å². The third-order valence-electron chi connectivity index (χ3n) is 7.53. The molecule has 1 heterocycles. The number of rotatable bonds is 8. The highest BCUT2D eigenvalue weighted by Crippen LogP contribution is 2.42. The molecule has 0 unspecified atom stereocenters. The molecule has 4 aromatic rings. The summed E-state index contributed by atoms with van der Waals surface area (Å²) in [5, 5.41) is 11.4. The average Bonchev–Trinajstić information content (AvgIpc) is 3.25. The molecule has 196 valence electrons. The van der Waals surface area contributed by atoms with Crippen LogP contribution in [-0.2, 0) is 20.4 Å². The van der Waals surface area contributed by atoms with Crippen LogP contribution in [0.4, 0.5) is 0 Å². The molecule has 38 heavy (non-hydrogen) atoms. The zero-order chi connectivity index (χ0) is 26.8. The Balaban J connectivity index is 1.59. The minimum atomic E-state index is -3.84. The molecule has 0 amide bonds. The molecular weight excluding hydrogens is 494 g/mol. The van der Waals surface area contributed by atoms with Crippen LogP contribution in [0.25, 0.3) is 0 Å². The molecule has 5 nitrogen and oxygen atoms in total. The van der Waals surface area contributed by atoms with Gasteiger partial charge in [0.1, 0.15) is 5.60 Å². The minimum Gasteiger partial charge on any atom is -0.388 e. The first-order chi connectivity index (χ1) is 18.2. The standard InChI is InChI=1S/C32H33NO4S/c1-25-18-20-29(21-19-25)38(35,36)33-23-22-31(2,34)30(33)24-37-32(26-12-6-3-7-13-26,27-14-8-4-9-15-27)28-16-10-5-11-17-28/h3-21,30,34H,22-24H2,1-2H3/t30-,31-/m1/s1. The third-order valence-corrected chi connectivity index (χ3v) is 9.45. The maximum Gasteiger partial charge on any atom is 0.243 e. The fourth-order valence-electron chi connectivity index (χ4n) is 5.34. The second kappa shape index (κ2) is 10.5. The van der Waals surface area contributed by atoms with Gasteiger partial charge in [-0.25, -0.2) is 8.42 Å². The lowest BCUT2D eigenvalue weighted by atomic mass is 9.80. The van der Waals surface area contributed by atoms with Crippen molar-refractivity contribution in [3.05, 3.63) is 138 Å². The van der Waals surface area contributed by atoms with Crippen molar-refractivity contribution < 1.29 is 18.3 Å². The lowest BCUT2D eigenvalue weighted by Gasteiger charge is -2.39.